The number of carbonyl (C=O) groups excluding carboxylic acids is 1. The lowest BCUT2D eigenvalue weighted by Gasteiger charge is -2.07. The van der Waals surface area contributed by atoms with Crippen LogP contribution in [-0.2, 0) is 11.3 Å². The van der Waals surface area contributed by atoms with Crippen LogP contribution in [0.2, 0.25) is 0 Å². The van der Waals surface area contributed by atoms with Crippen molar-refractivity contribution in [1.29, 1.82) is 0 Å². The second kappa shape index (κ2) is 5.27. The second-order valence-corrected chi connectivity index (χ2v) is 3.69. The Bertz CT molecular complexity index is 493. The molecule has 2 rings (SSSR count). The van der Waals surface area contributed by atoms with E-state index in [9.17, 15) is 4.79 Å². The van der Waals surface area contributed by atoms with E-state index >= 15 is 0 Å². The van der Waals surface area contributed by atoms with Gasteiger partial charge in [-0.25, -0.2) is 4.98 Å². The van der Waals surface area contributed by atoms with Crippen LogP contribution in [0.1, 0.15) is 5.56 Å². The van der Waals surface area contributed by atoms with Gasteiger partial charge < -0.3 is 15.6 Å². The smallest absolute Gasteiger partial charge is 0.238 e. The van der Waals surface area contributed by atoms with Gasteiger partial charge in [0.1, 0.15) is 0 Å². The van der Waals surface area contributed by atoms with Crippen LogP contribution in [0.25, 0.3) is 0 Å². The molecule has 1 aromatic carbocycles. The maximum absolute atomic E-state index is 11.2. The van der Waals surface area contributed by atoms with Gasteiger partial charge in [0, 0.05) is 24.6 Å². The number of nitrogens with zero attached hydrogens (tertiary/aromatic N) is 2. The lowest BCUT2D eigenvalue weighted by molar-refractivity contribution is -0.114. The molecule has 0 aliphatic rings. The minimum Gasteiger partial charge on any atom is -0.333 e. The Morgan fingerprint density at radius 3 is 3.06 bits per heavy atom. The molecule has 0 fully saturated rings. The molecule has 1 amide bonds. The summed E-state index contributed by atoms with van der Waals surface area (Å²) in [5.74, 6) is -0.190. The maximum atomic E-state index is 11.2. The quantitative estimate of drug-likeness (QED) is 0.817. The van der Waals surface area contributed by atoms with Gasteiger partial charge in [0.15, 0.2) is 0 Å². The molecule has 5 heteroatoms. The molecule has 1 heterocycles. The van der Waals surface area contributed by atoms with Crippen LogP contribution >= 0.6 is 0 Å². The SMILES string of the molecule is NCC(=O)Nc1cccc(Cn2ccnc2)c1. The summed E-state index contributed by atoms with van der Waals surface area (Å²) in [6, 6.07) is 7.66. The first kappa shape index (κ1) is 11.3. The number of amides is 1. The minimum absolute atomic E-state index is 0.00819. The highest BCUT2D eigenvalue weighted by atomic mass is 16.1. The van der Waals surface area contributed by atoms with Crippen molar-refractivity contribution in [3.63, 3.8) is 0 Å². The van der Waals surface area contributed by atoms with Crippen molar-refractivity contribution < 1.29 is 4.79 Å². The van der Waals surface area contributed by atoms with E-state index in [1.165, 1.54) is 0 Å². The van der Waals surface area contributed by atoms with Crippen LogP contribution in [0.3, 0.4) is 0 Å². The number of carbonyl (C=O) groups is 1. The Kier molecular flexibility index (Phi) is 3.52. The van der Waals surface area contributed by atoms with Gasteiger partial charge in [0.05, 0.1) is 12.9 Å². The third-order valence-electron chi connectivity index (χ3n) is 2.32. The number of rotatable bonds is 4. The lowest BCUT2D eigenvalue weighted by atomic mass is 10.2. The molecule has 0 radical (unpaired) electrons. The van der Waals surface area contributed by atoms with E-state index in [1.807, 2.05) is 35.0 Å². The topological polar surface area (TPSA) is 72.9 Å². The summed E-state index contributed by atoms with van der Waals surface area (Å²) in [5, 5.41) is 2.72. The predicted molar refractivity (Wildman–Crippen MR) is 65.5 cm³/mol. The van der Waals surface area contributed by atoms with E-state index in [1.54, 1.807) is 12.5 Å². The minimum atomic E-state index is -0.190. The Balaban J connectivity index is 2.08. The number of nitrogens with two attached hydrogens (primary N) is 1. The highest BCUT2D eigenvalue weighted by Gasteiger charge is 2.00. The van der Waals surface area contributed by atoms with Gasteiger partial charge >= 0.3 is 0 Å². The van der Waals surface area contributed by atoms with Gasteiger partial charge in [-0.05, 0) is 17.7 Å². The van der Waals surface area contributed by atoms with Crippen LogP contribution < -0.4 is 11.1 Å². The van der Waals surface area contributed by atoms with Crippen molar-refractivity contribution in [1.82, 2.24) is 9.55 Å². The highest BCUT2D eigenvalue weighted by molar-refractivity contribution is 5.92. The first-order valence-corrected chi connectivity index (χ1v) is 5.32. The average molecular weight is 230 g/mol. The molecule has 2 aromatic rings. The lowest BCUT2D eigenvalue weighted by Crippen LogP contribution is -2.21. The molecule has 3 N–H and O–H groups in total. The number of nitrogens with one attached hydrogen (secondary N) is 1. The fourth-order valence-electron chi connectivity index (χ4n) is 1.55. The Hall–Kier alpha value is -2.14. The standard InChI is InChI=1S/C12H14N4O/c13-7-12(17)15-11-3-1-2-10(6-11)8-16-5-4-14-9-16/h1-6,9H,7-8,13H2,(H,15,17). The molecular weight excluding hydrogens is 216 g/mol. The monoisotopic (exact) mass is 230 g/mol. The van der Waals surface area contributed by atoms with E-state index in [0.29, 0.717) is 0 Å². The molecule has 0 saturated carbocycles. The zero-order valence-electron chi connectivity index (χ0n) is 9.34. The molecule has 0 bridgehead atoms. The molecule has 0 atom stereocenters. The van der Waals surface area contributed by atoms with Crippen molar-refractivity contribution >= 4 is 11.6 Å². The van der Waals surface area contributed by atoms with Gasteiger partial charge in [0.25, 0.3) is 0 Å². The molecule has 17 heavy (non-hydrogen) atoms. The predicted octanol–water partition coefficient (Wildman–Crippen LogP) is 0.829. The Morgan fingerprint density at radius 1 is 1.47 bits per heavy atom. The summed E-state index contributed by atoms with van der Waals surface area (Å²) in [5.41, 5.74) is 7.10. The van der Waals surface area contributed by atoms with E-state index in [4.69, 9.17) is 5.73 Å². The molecule has 88 valence electrons. The van der Waals surface area contributed by atoms with Crippen LogP contribution in [-0.4, -0.2) is 22.0 Å². The zero-order chi connectivity index (χ0) is 12.1. The molecule has 0 spiro atoms. The number of hydrogen-bond acceptors (Lipinski definition) is 3. The first-order chi connectivity index (χ1) is 8.28. The zero-order valence-corrected chi connectivity index (χ0v) is 9.34. The Morgan fingerprint density at radius 2 is 2.35 bits per heavy atom. The number of aromatic nitrogens is 2. The number of hydrogen-bond donors (Lipinski definition) is 2. The fourth-order valence-corrected chi connectivity index (χ4v) is 1.55. The van der Waals surface area contributed by atoms with Crippen molar-refractivity contribution in [3.05, 3.63) is 48.5 Å². The second-order valence-electron chi connectivity index (χ2n) is 3.69. The van der Waals surface area contributed by atoms with Gasteiger partial charge in [-0.15, -0.1) is 0 Å². The van der Waals surface area contributed by atoms with E-state index in [0.717, 1.165) is 17.8 Å². The van der Waals surface area contributed by atoms with Crippen molar-refractivity contribution in [2.75, 3.05) is 11.9 Å². The molecule has 5 nitrogen and oxygen atoms in total. The fraction of sp³-hybridized carbons (Fsp3) is 0.167. The maximum Gasteiger partial charge on any atom is 0.238 e. The molecule has 0 aliphatic heterocycles. The Labute approximate surface area is 99.3 Å². The van der Waals surface area contributed by atoms with Gasteiger partial charge in [-0.3, -0.25) is 4.79 Å². The molecule has 0 saturated heterocycles. The van der Waals surface area contributed by atoms with Gasteiger partial charge in [-0.2, -0.15) is 0 Å². The summed E-state index contributed by atoms with van der Waals surface area (Å²) in [6.45, 7) is 0.720. The normalized spacial score (nSPS) is 10.2. The molecule has 0 unspecified atom stereocenters. The van der Waals surface area contributed by atoms with Gasteiger partial charge in [-0.1, -0.05) is 12.1 Å². The van der Waals surface area contributed by atoms with Crippen LogP contribution in [0.5, 0.6) is 0 Å². The summed E-state index contributed by atoms with van der Waals surface area (Å²) >= 11 is 0. The van der Waals surface area contributed by atoms with Crippen molar-refractivity contribution in [3.8, 4) is 0 Å². The van der Waals surface area contributed by atoms with Crippen LogP contribution in [0, 0.1) is 0 Å². The average Bonchev–Trinajstić information content (AvgIpc) is 2.82. The van der Waals surface area contributed by atoms with Gasteiger partial charge in [0.2, 0.25) is 5.91 Å². The largest absolute Gasteiger partial charge is 0.333 e. The van der Waals surface area contributed by atoms with Crippen LogP contribution in [0.4, 0.5) is 5.69 Å². The summed E-state index contributed by atoms with van der Waals surface area (Å²) < 4.78 is 1.96. The van der Waals surface area contributed by atoms with E-state index < -0.39 is 0 Å². The molecular formula is C12H14N4O. The number of benzene rings is 1. The number of anilines is 1. The van der Waals surface area contributed by atoms with Crippen LogP contribution in [0.15, 0.2) is 43.0 Å². The summed E-state index contributed by atoms with van der Waals surface area (Å²) in [6.07, 6.45) is 5.39. The van der Waals surface area contributed by atoms with Crippen molar-refractivity contribution in [2.24, 2.45) is 5.73 Å². The third kappa shape index (κ3) is 3.15. The van der Waals surface area contributed by atoms with E-state index in [2.05, 4.69) is 10.3 Å². The first-order valence-electron chi connectivity index (χ1n) is 5.32. The molecule has 0 aliphatic carbocycles. The summed E-state index contributed by atoms with van der Waals surface area (Å²) in [4.78, 5) is 15.1. The highest BCUT2D eigenvalue weighted by Crippen LogP contribution is 2.11. The van der Waals surface area contributed by atoms with E-state index in [-0.39, 0.29) is 12.5 Å². The number of imidazole rings is 1. The summed E-state index contributed by atoms with van der Waals surface area (Å²) in [7, 11) is 0. The molecule has 1 aromatic heterocycles. The third-order valence-corrected chi connectivity index (χ3v) is 2.32. The van der Waals surface area contributed by atoms with Crippen molar-refractivity contribution in [2.45, 2.75) is 6.54 Å².